The SMILES string of the molecule is CCN(C(=O)c1ccncc1N)c1ccccc1F. The number of pyridine rings is 1. The van der Waals surface area contributed by atoms with E-state index in [9.17, 15) is 9.18 Å². The van der Waals surface area contributed by atoms with Crippen LogP contribution in [0.4, 0.5) is 15.8 Å². The zero-order valence-corrected chi connectivity index (χ0v) is 10.5. The van der Waals surface area contributed by atoms with Gasteiger partial charge in [0.05, 0.1) is 23.1 Å². The highest BCUT2D eigenvalue weighted by Gasteiger charge is 2.20. The Morgan fingerprint density at radius 2 is 2.11 bits per heavy atom. The molecule has 1 aromatic carbocycles. The molecule has 2 N–H and O–H groups in total. The first-order valence-corrected chi connectivity index (χ1v) is 5.91. The Hall–Kier alpha value is -2.43. The Balaban J connectivity index is 2.41. The van der Waals surface area contributed by atoms with Crippen molar-refractivity contribution in [3.05, 3.63) is 54.1 Å². The van der Waals surface area contributed by atoms with Crippen molar-refractivity contribution < 1.29 is 9.18 Å². The first-order valence-electron chi connectivity index (χ1n) is 5.91. The smallest absolute Gasteiger partial charge is 0.260 e. The number of amides is 1. The average molecular weight is 259 g/mol. The summed E-state index contributed by atoms with van der Waals surface area (Å²) in [6.45, 7) is 2.13. The van der Waals surface area contributed by atoms with Gasteiger partial charge in [0.15, 0.2) is 0 Å². The maximum atomic E-state index is 13.8. The second kappa shape index (κ2) is 5.48. The number of rotatable bonds is 3. The Morgan fingerprint density at radius 3 is 2.74 bits per heavy atom. The van der Waals surface area contributed by atoms with E-state index in [1.54, 1.807) is 25.1 Å². The summed E-state index contributed by atoms with van der Waals surface area (Å²) in [5.74, 6) is -0.780. The summed E-state index contributed by atoms with van der Waals surface area (Å²) < 4.78 is 13.8. The number of hydrogen-bond donors (Lipinski definition) is 1. The van der Waals surface area contributed by atoms with Crippen molar-refractivity contribution >= 4 is 17.3 Å². The normalized spacial score (nSPS) is 10.2. The van der Waals surface area contributed by atoms with E-state index in [-0.39, 0.29) is 17.3 Å². The third kappa shape index (κ3) is 2.54. The first kappa shape index (κ1) is 13.0. The third-order valence-electron chi connectivity index (χ3n) is 2.79. The minimum Gasteiger partial charge on any atom is -0.397 e. The predicted molar refractivity (Wildman–Crippen MR) is 72.4 cm³/mol. The van der Waals surface area contributed by atoms with E-state index in [1.807, 2.05) is 0 Å². The molecule has 0 aliphatic rings. The van der Waals surface area contributed by atoms with Crippen molar-refractivity contribution in [2.75, 3.05) is 17.2 Å². The molecule has 2 rings (SSSR count). The van der Waals surface area contributed by atoms with Crippen molar-refractivity contribution in [1.82, 2.24) is 4.98 Å². The summed E-state index contributed by atoms with van der Waals surface area (Å²) in [6.07, 6.45) is 2.89. The van der Waals surface area contributed by atoms with Crippen LogP contribution in [-0.4, -0.2) is 17.4 Å². The van der Waals surface area contributed by atoms with E-state index < -0.39 is 5.82 Å². The summed E-state index contributed by atoms with van der Waals surface area (Å²) in [6, 6.07) is 7.68. The minimum atomic E-state index is -0.440. The summed E-state index contributed by atoms with van der Waals surface area (Å²) in [5.41, 5.74) is 6.57. The van der Waals surface area contributed by atoms with Gasteiger partial charge in [-0.1, -0.05) is 12.1 Å². The molecule has 19 heavy (non-hydrogen) atoms. The molecule has 0 fully saturated rings. The van der Waals surface area contributed by atoms with E-state index in [2.05, 4.69) is 4.98 Å². The van der Waals surface area contributed by atoms with Gasteiger partial charge >= 0.3 is 0 Å². The van der Waals surface area contributed by atoms with Gasteiger partial charge in [-0.05, 0) is 25.1 Å². The van der Waals surface area contributed by atoms with Crippen LogP contribution in [0.5, 0.6) is 0 Å². The number of nitrogens with two attached hydrogens (primary N) is 1. The molecule has 0 aliphatic carbocycles. The van der Waals surface area contributed by atoms with Crippen LogP contribution in [0.15, 0.2) is 42.7 Å². The number of hydrogen-bond acceptors (Lipinski definition) is 3. The molecular weight excluding hydrogens is 245 g/mol. The molecule has 5 heteroatoms. The molecule has 0 bridgehead atoms. The summed E-state index contributed by atoms with van der Waals surface area (Å²) in [5, 5.41) is 0. The lowest BCUT2D eigenvalue weighted by molar-refractivity contribution is 0.0988. The van der Waals surface area contributed by atoms with Gasteiger partial charge in [0.25, 0.3) is 5.91 Å². The van der Waals surface area contributed by atoms with Gasteiger partial charge in [0, 0.05) is 12.7 Å². The lowest BCUT2D eigenvalue weighted by atomic mass is 10.2. The van der Waals surface area contributed by atoms with Gasteiger partial charge in [-0.2, -0.15) is 0 Å². The monoisotopic (exact) mass is 259 g/mol. The summed E-state index contributed by atoms with van der Waals surface area (Å²) in [7, 11) is 0. The van der Waals surface area contributed by atoms with E-state index in [0.29, 0.717) is 12.1 Å². The summed E-state index contributed by atoms with van der Waals surface area (Å²) >= 11 is 0. The number of para-hydroxylation sites is 1. The van der Waals surface area contributed by atoms with Gasteiger partial charge < -0.3 is 10.6 Å². The molecule has 2 aromatic rings. The van der Waals surface area contributed by atoms with Crippen molar-refractivity contribution in [3.8, 4) is 0 Å². The molecule has 0 spiro atoms. The highest BCUT2D eigenvalue weighted by molar-refractivity contribution is 6.09. The Morgan fingerprint density at radius 1 is 1.37 bits per heavy atom. The molecule has 0 unspecified atom stereocenters. The second-order valence-electron chi connectivity index (χ2n) is 3.96. The third-order valence-corrected chi connectivity index (χ3v) is 2.79. The fourth-order valence-corrected chi connectivity index (χ4v) is 1.84. The number of nitrogens with zero attached hydrogens (tertiary/aromatic N) is 2. The number of anilines is 2. The van der Waals surface area contributed by atoms with Crippen LogP contribution in [0.1, 0.15) is 17.3 Å². The molecule has 1 heterocycles. The fourth-order valence-electron chi connectivity index (χ4n) is 1.84. The lowest BCUT2D eigenvalue weighted by Gasteiger charge is -2.22. The molecule has 98 valence electrons. The number of nitrogen functional groups attached to an aromatic ring is 1. The summed E-state index contributed by atoms with van der Waals surface area (Å²) in [4.78, 5) is 17.6. The van der Waals surface area contributed by atoms with E-state index in [4.69, 9.17) is 5.73 Å². The number of carbonyl (C=O) groups excluding carboxylic acids is 1. The molecule has 0 saturated heterocycles. The molecule has 0 atom stereocenters. The Labute approximate surface area is 110 Å². The molecular formula is C14H14FN3O. The number of aromatic nitrogens is 1. The van der Waals surface area contributed by atoms with Gasteiger partial charge in [0.1, 0.15) is 5.82 Å². The highest BCUT2D eigenvalue weighted by atomic mass is 19.1. The zero-order valence-electron chi connectivity index (χ0n) is 10.5. The van der Waals surface area contributed by atoms with E-state index >= 15 is 0 Å². The van der Waals surface area contributed by atoms with Crippen molar-refractivity contribution in [2.45, 2.75) is 6.92 Å². The van der Waals surface area contributed by atoms with Crippen LogP contribution in [0.25, 0.3) is 0 Å². The van der Waals surface area contributed by atoms with Gasteiger partial charge in [0.2, 0.25) is 0 Å². The second-order valence-corrected chi connectivity index (χ2v) is 3.96. The van der Waals surface area contributed by atoms with Crippen LogP contribution in [0.2, 0.25) is 0 Å². The number of carbonyl (C=O) groups is 1. The van der Waals surface area contributed by atoms with E-state index in [0.717, 1.165) is 0 Å². The Bertz CT molecular complexity index is 601. The maximum absolute atomic E-state index is 13.8. The quantitative estimate of drug-likeness (QED) is 0.921. The van der Waals surface area contributed by atoms with Gasteiger partial charge in [-0.3, -0.25) is 9.78 Å². The first-order chi connectivity index (χ1) is 9.15. The fraction of sp³-hybridized carbons (Fsp3) is 0.143. The van der Waals surface area contributed by atoms with Gasteiger partial charge in [-0.25, -0.2) is 4.39 Å². The molecule has 1 aromatic heterocycles. The van der Waals surface area contributed by atoms with Crippen LogP contribution < -0.4 is 10.6 Å². The zero-order chi connectivity index (χ0) is 13.8. The van der Waals surface area contributed by atoms with E-state index in [1.165, 1.54) is 29.4 Å². The molecule has 4 nitrogen and oxygen atoms in total. The number of benzene rings is 1. The van der Waals surface area contributed by atoms with Crippen molar-refractivity contribution in [3.63, 3.8) is 0 Å². The molecule has 0 aliphatic heterocycles. The minimum absolute atomic E-state index is 0.242. The lowest BCUT2D eigenvalue weighted by Crippen LogP contribution is -2.32. The highest BCUT2D eigenvalue weighted by Crippen LogP contribution is 2.22. The molecule has 0 radical (unpaired) electrons. The molecule has 1 amide bonds. The van der Waals surface area contributed by atoms with Gasteiger partial charge in [-0.15, -0.1) is 0 Å². The maximum Gasteiger partial charge on any atom is 0.260 e. The Kier molecular flexibility index (Phi) is 3.75. The molecule has 0 saturated carbocycles. The largest absolute Gasteiger partial charge is 0.397 e. The topological polar surface area (TPSA) is 59.2 Å². The van der Waals surface area contributed by atoms with Crippen LogP contribution in [0, 0.1) is 5.82 Å². The average Bonchev–Trinajstić information content (AvgIpc) is 2.42. The number of halogens is 1. The van der Waals surface area contributed by atoms with Crippen LogP contribution in [0.3, 0.4) is 0 Å². The van der Waals surface area contributed by atoms with Crippen LogP contribution in [-0.2, 0) is 0 Å². The van der Waals surface area contributed by atoms with Crippen molar-refractivity contribution in [1.29, 1.82) is 0 Å². The standard InChI is InChI=1S/C14H14FN3O/c1-2-18(13-6-4-3-5-11(13)15)14(19)10-7-8-17-9-12(10)16/h3-9H,2,16H2,1H3. The van der Waals surface area contributed by atoms with Crippen LogP contribution >= 0.6 is 0 Å². The van der Waals surface area contributed by atoms with Crippen molar-refractivity contribution in [2.24, 2.45) is 0 Å². The predicted octanol–water partition coefficient (Wildman–Crippen LogP) is 2.47.